The highest BCUT2D eigenvalue weighted by Crippen LogP contribution is 2.16. The molecule has 0 spiro atoms. The monoisotopic (exact) mass is 367 g/mol. The molecule has 0 saturated carbocycles. The molecule has 0 atom stereocenters. The summed E-state index contributed by atoms with van der Waals surface area (Å²) in [5.41, 5.74) is 7.12. The molecule has 0 unspecified atom stereocenters. The van der Waals surface area contributed by atoms with E-state index in [1.807, 2.05) is 32.0 Å². The van der Waals surface area contributed by atoms with Crippen molar-refractivity contribution in [2.75, 3.05) is 31.1 Å². The summed E-state index contributed by atoms with van der Waals surface area (Å²) in [5, 5.41) is 3.08. The predicted octanol–water partition coefficient (Wildman–Crippen LogP) is 1.16. The maximum atomic E-state index is 12.6. The summed E-state index contributed by atoms with van der Waals surface area (Å²) in [6.07, 6.45) is 1.57. The average Bonchev–Trinajstić information content (AvgIpc) is 2.62. The van der Waals surface area contributed by atoms with E-state index < -0.39 is 9.84 Å². The van der Waals surface area contributed by atoms with Gasteiger partial charge in [-0.2, -0.15) is 0 Å². The third-order valence-electron chi connectivity index (χ3n) is 5.16. The smallest absolute Gasteiger partial charge is 0.251 e. The molecule has 6 nitrogen and oxygen atoms in total. The quantitative estimate of drug-likeness (QED) is 0.754. The van der Waals surface area contributed by atoms with Gasteiger partial charge in [-0.05, 0) is 30.5 Å². The van der Waals surface area contributed by atoms with Crippen molar-refractivity contribution in [2.24, 2.45) is 5.73 Å². The van der Waals surface area contributed by atoms with Crippen molar-refractivity contribution in [3.8, 4) is 0 Å². The maximum Gasteiger partial charge on any atom is 0.251 e. The van der Waals surface area contributed by atoms with Crippen LogP contribution >= 0.6 is 0 Å². The second kappa shape index (κ2) is 8.29. The molecule has 0 bridgehead atoms. The van der Waals surface area contributed by atoms with Crippen LogP contribution in [-0.2, 0) is 16.4 Å². The summed E-state index contributed by atoms with van der Waals surface area (Å²) in [7, 11) is -2.88. The Labute approximate surface area is 150 Å². The second-order valence-corrected chi connectivity index (χ2v) is 9.08. The van der Waals surface area contributed by atoms with Crippen molar-refractivity contribution in [3.05, 3.63) is 35.4 Å². The molecule has 0 radical (unpaired) electrons. The molecule has 1 saturated heterocycles. The van der Waals surface area contributed by atoms with E-state index in [9.17, 15) is 13.2 Å². The Morgan fingerprint density at radius 1 is 1.24 bits per heavy atom. The lowest BCUT2D eigenvalue weighted by Gasteiger charge is -2.31. The maximum absolute atomic E-state index is 12.6. The lowest BCUT2D eigenvalue weighted by molar-refractivity contribution is 0.0895. The normalized spacial score (nSPS) is 18.0. The number of carbonyl (C=O) groups excluding carboxylic acids is 1. The van der Waals surface area contributed by atoms with Crippen LogP contribution < -0.4 is 11.1 Å². The summed E-state index contributed by atoms with van der Waals surface area (Å²) >= 11 is 0. The van der Waals surface area contributed by atoms with Crippen LogP contribution in [0.1, 0.15) is 42.6 Å². The molecule has 0 aromatic heterocycles. The Morgan fingerprint density at radius 2 is 1.88 bits per heavy atom. The minimum atomic E-state index is -2.88. The molecule has 2 rings (SSSR count). The zero-order valence-corrected chi connectivity index (χ0v) is 15.9. The topological polar surface area (TPSA) is 92.5 Å². The number of rotatable bonds is 7. The minimum absolute atomic E-state index is 0.114. The van der Waals surface area contributed by atoms with E-state index in [1.54, 1.807) is 6.07 Å². The highest BCUT2D eigenvalue weighted by atomic mass is 32.2. The van der Waals surface area contributed by atoms with Gasteiger partial charge < -0.3 is 11.1 Å². The summed E-state index contributed by atoms with van der Waals surface area (Å²) in [6.45, 7) is 6.20. The van der Waals surface area contributed by atoms with E-state index in [-0.39, 0.29) is 23.0 Å². The van der Waals surface area contributed by atoms with Crippen LogP contribution in [0.5, 0.6) is 0 Å². The number of amides is 1. The van der Waals surface area contributed by atoms with E-state index in [0.29, 0.717) is 31.7 Å². The van der Waals surface area contributed by atoms with Gasteiger partial charge in [-0.25, -0.2) is 8.42 Å². The molecular weight excluding hydrogens is 338 g/mol. The Hall–Kier alpha value is -1.44. The molecule has 1 heterocycles. The highest BCUT2D eigenvalue weighted by molar-refractivity contribution is 7.91. The number of hydrogen-bond donors (Lipinski definition) is 2. The van der Waals surface area contributed by atoms with Crippen molar-refractivity contribution >= 4 is 15.7 Å². The van der Waals surface area contributed by atoms with Gasteiger partial charge >= 0.3 is 0 Å². The van der Waals surface area contributed by atoms with Crippen molar-refractivity contribution in [1.29, 1.82) is 0 Å². The highest BCUT2D eigenvalue weighted by Gasteiger charge is 2.27. The molecule has 3 N–H and O–H groups in total. The summed E-state index contributed by atoms with van der Waals surface area (Å²) in [6, 6.07) is 7.51. The van der Waals surface area contributed by atoms with Crippen LogP contribution in [0, 0.1) is 0 Å². The average molecular weight is 368 g/mol. The van der Waals surface area contributed by atoms with E-state index >= 15 is 0 Å². The lowest BCUT2D eigenvalue weighted by Crippen LogP contribution is -2.52. The van der Waals surface area contributed by atoms with Gasteiger partial charge in [-0.3, -0.25) is 9.69 Å². The summed E-state index contributed by atoms with van der Waals surface area (Å²) in [5.74, 6) is 0.301. The minimum Gasteiger partial charge on any atom is -0.345 e. The number of nitrogens with zero attached hydrogens (tertiary/aromatic N) is 1. The Kier molecular flexibility index (Phi) is 6.59. The lowest BCUT2D eigenvalue weighted by atomic mass is 9.92. The number of benzene rings is 1. The van der Waals surface area contributed by atoms with E-state index in [4.69, 9.17) is 5.73 Å². The Balaban J connectivity index is 2.04. The second-order valence-electron chi connectivity index (χ2n) is 6.77. The van der Waals surface area contributed by atoms with Crippen LogP contribution in [0.3, 0.4) is 0 Å². The number of nitrogens with two attached hydrogens (primary N) is 1. The first-order valence-electron chi connectivity index (χ1n) is 8.87. The Bertz CT molecular complexity index is 677. The zero-order valence-electron chi connectivity index (χ0n) is 15.1. The predicted molar refractivity (Wildman–Crippen MR) is 100 cm³/mol. The van der Waals surface area contributed by atoms with Gasteiger partial charge in [0, 0.05) is 31.7 Å². The fraction of sp³-hybridized carbons (Fsp3) is 0.611. The van der Waals surface area contributed by atoms with Crippen molar-refractivity contribution in [1.82, 2.24) is 10.2 Å². The van der Waals surface area contributed by atoms with Gasteiger partial charge in [0.2, 0.25) is 0 Å². The molecule has 1 aliphatic heterocycles. The Morgan fingerprint density at radius 3 is 2.44 bits per heavy atom. The van der Waals surface area contributed by atoms with Gasteiger partial charge in [0.05, 0.1) is 17.0 Å². The number of nitrogens with one attached hydrogen (secondary N) is 1. The van der Waals surface area contributed by atoms with Crippen molar-refractivity contribution in [3.63, 3.8) is 0 Å². The largest absolute Gasteiger partial charge is 0.345 e. The van der Waals surface area contributed by atoms with Gasteiger partial charge in [0.1, 0.15) is 0 Å². The van der Waals surface area contributed by atoms with Gasteiger partial charge in [0.15, 0.2) is 9.84 Å². The molecule has 0 aliphatic carbocycles. The van der Waals surface area contributed by atoms with Crippen LogP contribution in [0.15, 0.2) is 24.3 Å². The standard InChI is InChI=1S/C18H29N3O3S/c1-3-18(4-2,14-19)20-17(22)16-7-5-6-15(12-16)13-21-8-10-25(23,24)11-9-21/h5-7,12H,3-4,8-11,13-14,19H2,1-2H3,(H,20,22). The molecule has 1 fully saturated rings. The molecule has 1 aromatic rings. The van der Waals surface area contributed by atoms with E-state index in [1.165, 1.54) is 0 Å². The van der Waals surface area contributed by atoms with E-state index in [0.717, 1.165) is 18.4 Å². The molecule has 25 heavy (non-hydrogen) atoms. The third kappa shape index (κ3) is 5.26. The van der Waals surface area contributed by atoms with Gasteiger partial charge in [-0.1, -0.05) is 26.0 Å². The van der Waals surface area contributed by atoms with Crippen LogP contribution in [0.4, 0.5) is 0 Å². The summed E-state index contributed by atoms with van der Waals surface area (Å²) < 4.78 is 23.0. The fourth-order valence-corrected chi connectivity index (χ4v) is 4.33. The van der Waals surface area contributed by atoms with Gasteiger partial charge in [0.25, 0.3) is 5.91 Å². The molecule has 1 aromatic carbocycles. The molecule has 1 aliphatic rings. The van der Waals surface area contributed by atoms with Crippen molar-refractivity contribution in [2.45, 2.75) is 38.8 Å². The number of sulfone groups is 1. The van der Waals surface area contributed by atoms with Crippen molar-refractivity contribution < 1.29 is 13.2 Å². The molecular formula is C18H29N3O3S. The first-order valence-corrected chi connectivity index (χ1v) is 10.7. The molecule has 1 amide bonds. The van der Waals surface area contributed by atoms with Crippen LogP contribution in [0.2, 0.25) is 0 Å². The molecule has 140 valence electrons. The zero-order chi connectivity index (χ0) is 18.5. The fourth-order valence-electron chi connectivity index (χ4n) is 3.06. The SMILES string of the molecule is CCC(CC)(CN)NC(=O)c1cccc(CN2CCS(=O)(=O)CC2)c1. The van der Waals surface area contributed by atoms with Crippen LogP contribution in [0.25, 0.3) is 0 Å². The van der Waals surface area contributed by atoms with E-state index in [2.05, 4.69) is 10.2 Å². The third-order valence-corrected chi connectivity index (χ3v) is 6.76. The number of hydrogen-bond acceptors (Lipinski definition) is 5. The van der Waals surface area contributed by atoms with Gasteiger partial charge in [-0.15, -0.1) is 0 Å². The summed E-state index contributed by atoms with van der Waals surface area (Å²) in [4.78, 5) is 14.7. The number of carbonyl (C=O) groups is 1. The van der Waals surface area contributed by atoms with Crippen LogP contribution in [-0.4, -0.2) is 55.9 Å². The molecule has 7 heteroatoms. The first kappa shape index (κ1) is 19.9. The first-order chi connectivity index (χ1) is 11.8.